The molecule has 0 unspecified atom stereocenters. The molecular weight excluding hydrogens is 472 g/mol. The third-order valence-corrected chi connectivity index (χ3v) is 9.41. The highest BCUT2D eigenvalue weighted by molar-refractivity contribution is 7.80. The number of benzene rings is 1. The third kappa shape index (κ3) is 8.43. The Kier molecular flexibility index (Phi) is 10.3. The molecule has 1 saturated carbocycles. The Morgan fingerprint density at radius 2 is 1.81 bits per heavy atom. The molecule has 2 heterocycles. The van der Waals surface area contributed by atoms with E-state index in [9.17, 15) is 0 Å². The Morgan fingerprint density at radius 1 is 1.05 bits per heavy atom. The molecule has 1 aromatic carbocycles. The minimum absolute atomic E-state index is 0.0535. The van der Waals surface area contributed by atoms with Gasteiger partial charge in [0.15, 0.2) is 5.11 Å². The molecule has 0 radical (unpaired) electrons. The largest absolute Gasteiger partial charge is 0.371 e. The summed E-state index contributed by atoms with van der Waals surface area (Å²) in [6.45, 7) is 13.9. The summed E-state index contributed by atoms with van der Waals surface area (Å²) in [5.41, 5.74) is 1.48. The van der Waals surface area contributed by atoms with Gasteiger partial charge in [-0.1, -0.05) is 63.9 Å². The van der Waals surface area contributed by atoms with Gasteiger partial charge in [0.25, 0.3) is 0 Å². The lowest BCUT2D eigenvalue weighted by Gasteiger charge is -2.33. The number of hydrogen-bond donors (Lipinski definition) is 1. The van der Waals surface area contributed by atoms with Crippen molar-refractivity contribution in [2.24, 2.45) is 22.7 Å². The lowest BCUT2D eigenvalue weighted by Crippen LogP contribution is -2.40. The van der Waals surface area contributed by atoms with Gasteiger partial charge in [0.2, 0.25) is 0 Å². The number of aliphatic imine (C=N–C) groups is 1. The monoisotopic (exact) mass is 524 g/mol. The molecule has 37 heavy (non-hydrogen) atoms. The summed E-state index contributed by atoms with van der Waals surface area (Å²) in [7, 11) is 0. The number of hydrogen-bond acceptors (Lipinski definition) is 3. The first-order valence-corrected chi connectivity index (χ1v) is 15.6. The molecule has 2 fully saturated rings. The number of nitrogens with one attached hydrogen (secondary N) is 1. The Balaban J connectivity index is 1.20. The molecule has 1 aliphatic carbocycles. The van der Waals surface area contributed by atoms with Crippen molar-refractivity contribution in [3.8, 4) is 0 Å². The zero-order valence-corrected chi connectivity index (χ0v) is 24.9. The number of unbranched alkanes of at least 4 members (excludes halogenated alkanes) is 1. The molecule has 1 saturated heterocycles. The van der Waals surface area contributed by atoms with Crippen LogP contribution in [-0.2, 0) is 6.42 Å². The van der Waals surface area contributed by atoms with Crippen LogP contribution in [0.1, 0.15) is 97.5 Å². The molecule has 2 atom stereocenters. The van der Waals surface area contributed by atoms with E-state index in [4.69, 9.17) is 17.2 Å². The number of aryl methyl sites for hydroxylation is 1. The third-order valence-electron chi connectivity index (χ3n) is 8.92. The van der Waals surface area contributed by atoms with E-state index in [1.54, 1.807) is 0 Å². The van der Waals surface area contributed by atoms with Gasteiger partial charge < -0.3 is 15.1 Å². The molecule has 4 nitrogen and oxygen atoms in total. The summed E-state index contributed by atoms with van der Waals surface area (Å²) in [5.74, 6) is 3.68. The summed E-state index contributed by atoms with van der Waals surface area (Å²) in [6.07, 6.45) is 13.7. The lowest BCUT2D eigenvalue weighted by atomic mass is 9.82. The quantitative estimate of drug-likeness (QED) is 0.221. The van der Waals surface area contributed by atoms with E-state index in [0.717, 1.165) is 68.2 Å². The molecule has 0 spiro atoms. The molecule has 1 N–H and O–H groups in total. The highest BCUT2D eigenvalue weighted by atomic mass is 32.1. The van der Waals surface area contributed by atoms with Gasteiger partial charge in [0, 0.05) is 38.6 Å². The van der Waals surface area contributed by atoms with Crippen molar-refractivity contribution < 1.29 is 0 Å². The van der Waals surface area contributed by atoms with E-state index < -0.39 is 0 Å². The normalized spacial score (nSPS) is 28.2. The Bertz CT molecular complexity index is 876. The molecule has 4 rings (SSSR count). The second-order valence-corrected chi connectivity index (χ2v) is 13.4. The lowest BCUT2D eigenvalue weighted by molar-refractivity contribution is 0.210. The van der Waals surface area contributed by atoms with Crippen LogP contribution < -0.4 is 5.32 Å². The van der Waals surface area contributed by atoms with Gasteiger partial charge in [-0.15, -0.1) is 0 Å². The molecule has 0 bridgehead atoms. The maximum atomic E-state index is 6.07. The minimum Gasteiger partial charge on any atom is -0.371 e. The van der Waals surface area contributed by atoms with Crippen molar-refractivity contribution in [3.05, 3.63) is 35.9 Å². The van der Waals surface area contributed by atoms with Crippen LogP contribution in [0.4, 0.5) is 0 Å². The first-order valence-electron chi connectivity index (χ1n) is 15.2. The van der Waals surface area contributed by atoms with Crippen molar-refractivity contribution in [2.75, 3.05) is 26.2 Å². The summed E-state index contributed by atoms with van der Waals surface area (Å²) >= 11 is 6.07. The van der Waals surface area contributed by atoms with Gasteiger partial charge in [0.05, 0.1) is 11.4 Å². The van der Waals surface area contributed by atoms with Crippen molar-refractivity contribution >= 4 is 23.2 Å². The molecule has 3 aliphatic rings. The summed E-state index contributed by atoms with van der Waals surface area (Å²) < 4.78 is 0. The van der Waals surface area contributed by atoms with Gasteiger partial charge >= 0.3 is 0 Å². The van der Waals surface area contributed by atoms with E-state index in [1.807, 2.05) is 0 Å². The fraction of sp³-hybridized carbons (Fsp3) is 0.750. The van der Waals surface area contributed by atoms with Gasteiger partial charge in [-0.2, -0.15) is 0 Å². The summed E-state index contributed by atoms with van der Waals surface area (Å²) in [6, 6.07) is 11.4. The summed E-state index contributed by atoms with van der Waals surface area (Å²) in [5, 5.41) is 4.74. The average molecular weight is 525 g/mol. The van der Waals surface area contributed by atoms with E-state index in [2.05, 4.69) is 73.1 Å². The minimum atomic E-state index is 0.0535. The summed E-state index contributed by atoms with van der Waals surface area (Å²) in [4.78, 5) is 10.3. The van der Waals surface area contributed by atoms with E-state index in [0.29, 0.717) is 6.04 Å². The van der Waals surface area contributed by atoms with Crippen molar-refractivity contribution in [2.45, 2.75) is 110 Å². The van der Waals surface area contributed by atoms with Gasteiger partial charge in [0.1, 0.15) is 0 Å². The van der Waals surface area contributed by atoms with Crippen molar-refractivity contribution in [1.29, 1.82) is 0 Å². The van der Waals surface area contributed by atoms with Crippen LogP contribution in [0.5, 0.6) is 0 Å². The Labute approximate surface area is 232 Å². The Morgan fingerprint density at radius 3 is 2.54 bits per heavy atom. The number of nitrogens with zero attached hydrogens (tertiary/aromatic N) is 3. The van der Waals surface area contributed by atoms with E-state index >= 15 is 0 Å². The van der Waals surface area contributed by atoms with Gasteiger partial charge in [-0.05, 0) is 93.8 Å². The predicted molar refractivity (Wildman–Crippen MR) is 162 cm³/mol. The van der Waals surface area contributed by atoms with Crippen LogP contribution in [-0.4, -0.2) is 58.5 Å². The van der Waals surface area contributed by atoms with Crippen LogP contribution in [0, 0.1) is 17.8 Å². The van der Waals surface area contributed by atoms with Crippen LogP contribution in [0.2, 0.25) is 0 Å². The number of amidine groups is 1. The van der Waals surface area contributed by atoms with Crippen molar-refractivity contribution in [3.63, 3.8) is 0 Å². The fourth-order valence-corrected chi connectivity index (χ4v) is 7.01. The van der Waals surface area contributed by atoms with Crippen LogP contribution in [0.15, 0.2) is 35.3 Å². The van der Waals surface area contributed by atoms with Crippen LogP contribution in [0.25, 0.3) is 0 Å². The molecule has 5 heteroatoms. The smallest absolute Gasteiger partial charge is 0.171 e. The molecule has 0 aromatic heterocycles. The maximum Gasteiger partial charge on any atom is 0.171 e. The SMILES string of the molecule is CC(C)C[C@@H]1CN(CCCC[C@@]2(C)CNC(CCCc3ccccc3)=N2)C(=S)N1CC1CCC(C)CC1. The molecule has 0 amide bonds. The first-order chi connectivity index (χ1) is 17.8. The predicted octanol–water partition coefficient (Wildman–Crippen LogP) is 7.08. The van der Waals surface area contributed by atoms with Crippen LogP contribution in [0.3, 0.4) is 0 Å². The highest BCUT2D eigenvalue weighted by Gasteiger charge is 2.36. The van der Waals surface area contributed by atoms with Crippen molar-refractivity contribution in [1.82, 2.24) is 15.1 Å². The standard InChI is InChI=1S/C32H52N4S/c1-25(2)21-29-23-35(31(37)36(29)22-28-17-15-26(3)16-18-28)20-9-8-19-32(4)24-33-30(34-32)14-10-13-27-11-6-5-7-12-27/h5-7,11-12,25-26,28-29H,8-10,13-24H2,1-4H3,(H,33,34)/t26?,28?,29-,32+/m1/s1. The fourth-order valence-electron chi connectivity index (χ4n) is 6.62. The van der Waals surface area contributed by atoms with Gasteiger partial charge in [-0.25, -0.2) is 0 Å². The second-order valence-electron chi connectivity index (χ2n) is 13.0. The second kappa shape index (κ2) is 13.4. The zero-order valence-electron chi connectivity index (χ0n) is 24.1. The van der Waals surface area contributed by atoms with E-state index in [1.165, 1.54) is 62.9 Å². The van der Waals surface area contributed by atoms with Crippen LogP contribution >= 0.6 is 12.2 Å². The molecule has 206 valence electrons. The van der Waals surface area contributed by atoms with Gasteiger partial charge in [-0.3, -0.25) is 4.99 Å². The Hall–Kier alpha value is -1.62. The zero-order chi connectivity index (χ0) is 26.3. The molecule has 2 aliphatic heterocycles. The first kappa shape index (κ1) is 28.4. The number of rotatable bonds is 13. The average Bonchev–Trinajstić information content (AvgIpc) is 3.38. The highest BCUT2D eigenvalue weighted by Crippen LogP contribution is 2.32. The molecular formula is C32H52N4S. The molecule has 1 aromatic rings. The maximum absolute atomic E-state index is 6.07. The number of thiocarbonyl (C=S) groups is 1. The van der Waals surface area contributed by atoms with E-state index in [-0.39, 0.29) is 5.54 Å². The topological polar surface area (TPSA) is 30.9 Å².